The summed E-state index contributed by atoms with van der Waals surface area (Å²) in [7, 11) is 0. The Morgan fingerprint density at radius 1 is 1.19 bits per heavy atom. The molecular weight excluding hydrogens is 390 g/mol. The molecule has 1 saturated heterocycles. The summed E-state index contributed by atoms with van der Waals surface area (Å²) in [5.74, 6) is -0.503. The lowest BCUT2D eigenvalue weighted by Gasteiger charge is -2.26. The van der Waals surface area contributed by atoms with Crippen molar-refractivity contribution in [1.29, 1.82) is 0 Å². The Balaban J connectivity index is 0.00000261. The molecule has 1 amide bonds. The molecule has 0 spiro atoms. The summed E-state index contributed by atoms with van der Waals surface area (Å²) in [6.45, 7) is 1.38. The summed E-state index contributed by atoms with van der Waals surface area (Å²) < 4.78 is 19.7. The molecule has 1 heterocycles. The van der Waals surface area contributed by atoms with E-state index in [1.165, 1.54) is 6.07 Å². The molecule has 27 heavy (non-hydrogen) atoms. The monoisotopic (exact) mass is 412 g/mol. The lowest BCUT2D eigenvalue weighted by molar-refractivity contribution is -0.124. The van der Waals surface area contributed by atoms with Crippen LogP contribution in [0.4, 0.5) is 4.39 Å². The first-order valence-corrected chi connectivity index (χ1v) is 9.08. The fraction of sp³-hybridized carbons (Fsp3) is 0.350. The van der Waals surface area contributed by atoms with Crippen LogP contribution >= 0.6 is 24.0 Å². The average molecular weight is 413 g/mol. The average Bonchev–Trinajstić information content (AvgIpc) is 2.67. The highest BCUT2D eigenvalue weighted by atomic mass is 35.5. The number of hydrogen-bond donors (Lipinski definition) is 2. The van der Waals surface area contributed by atoms with Crippen LogP contribution in [-0.2, 0) is 16.1 Å². The highest BCUT2D eigenvalue weighted by Gasteiger charge is 2.26. The van der Waals surface area contributed by atoms with Gasteiger partial charge in [0.25, 0.3) is 0 Å². The maximum Gasteiger partial charge on any atom is 0.237 e. The number of amides is 1. The third-order valence-electron chi connectivity index (χ3n) is 4.76. The number of nitrogens with two attached hydrogens (primary N) is 1. The van der Waals surface area contributed by atoms with E-state index in [0.29, 0.717) is 23.8 Å². The second-order valence-corrected chi connectivity index (χ2v) is 6.94. The molecule has 3 rings (SSSR count). The van der Waals surface area contributed by atoms with Crippen molar-refractivity contribution in [2.24, 2.45) is 11.7 Å². The fourth-order valence-corrected chi connectivity index (χ4v) is 3.23. The molecule has 0 bridgehead atoms. The Bertz CT molecular complexity index is 765. The third kappa shape index (κ3) is 5.66. The number of carbonyl (C=O) groups is 1. The Morgan fingerprint density at radius 3 is 2.44 bits per heavy atom. The Kier molecular flexibility index (Phi) is 8.05. The summed E-state index contributed by atoms with van der Waals surface area (Å²) in [4.78, 5) is 12.2. The Morgan fingerprint density at radius 2 is 1.81 bits per heavy atom. The molecule has 3 N–H and O–H groups in total. The van der Waals surface area contributed by atoms with Crippen LogP contribution in [0.3, 0.4) is 0 Å². The molecule has 1 aliphatic rings. The van der Waals surface area contributed by atoms with Gasteiger partial charge in [-0.3, -0.25) is 4.79 Å². The van der Waals surface area contributed by atoms with Crippen LogP contribution in [0, 0.1) is 11.7 Å². The molecule has 146 valence electrons. The molecular formula is C20H23Cl2FN2O2. The molecule has 7 heteroatoms. The van der Waals surface area contributed by atoms with E-state index in [-0.39, 0.29) is 36.6 Å². The van der Waals surface area contributed by atoms with E-state index in [1.54, 1.807) is 18.2 Å². The van der Waals surface area contributed by atoms with E-state index in [4.69, 9.17) is 22.1 Å². The van der Waals surface area contributed by atoms with Gasteiger partial charge < -0.3 is 15.8 Å². The zero-order chi connectivity index (χ0) is 18.5. The van der Waals surface area contributed by atoms with Gasteiger partial charge in [0.15, 0.2) is 0 Å². The van der Waals surface area contributed by atoms with Gasteiger partial charge in [0.05, 0.1) is 6.04 Å². The van der Waals surface area contributed by atoms with Crippen LogP contribution in [-0.4, -0.2) is 25.2 Å². The number of hydrogen-bond acceptors (Lipinski definition) is 3. The van der Waals surface area contributed by atoms with Crippen molar-refractivity contribution in [3.63, 3.8) is 0 Å². The predicted octanol–water partition coefficient (Wildman–Crippen LogP) is 3.94. The minimum Gasteiger partial charge on any atom is -0.381 e. The molecule has 1 unspecified atom stereocenters. The first kappa shape index (κ1) is 21.6. The summed E-state index contributed by atoms with van der Waals surface area (Å²) >= 11 is 5.88. The van der Waals surface area contributed by atoms with E-state index in [2.05, 4.69) is 5.32 Å². The number of halogens is 3. The number of nitrogens with one attached hydrogen (secondary N) is 1. The minimum absolute atomic E-state index is 0. The van der Waals surface area contributed by atoms with Crippen molar-refractivity contribution in [2.45, 2.75) is 25.4 Å². The maximum atomic E-state index is 14.4. The summed E-state index contributed by atoms with van der Waals surface area (Å²) in [5, 5.41) is 3.38. The van der Waals surface area contributed by atoms with Gasteiger partial charge in [-0.1, -0.05) is 35.9 Å². The van der Waals surface area contributed by atoms with E-state index in [1.807, 2.05) is 18.2 Å². The normalized spacial score (nSPS) is 15.7. The minimum atomic E-state index is -0.588. The summed E-state index contributed by atoms with van der Waals surface area (Å²) in [6.07, 6.45) is 1.55. The summed E-state index contributed by atoms with van der Waals surface area (Å²) in [6, 6.07) is 11.6. The Hall–Kier alpha value is -1.66. The lowest BCUT2D eigenvalue weighted by Crippen LogP contribution is -2.46. The van der Waals surface area contributed by atoms with E-state index in [9.17, 15) is 9.18 Å². The van der Waals surface area contributed by atoms with Crippen LogP contribution in [0.15, 0.2) is 42.5 Å². The molecule has 2 aromatic carbocycles. The number of benzene rings is 2. The Labute approximate surface area is 169 Å². The SMILES string of the molecule is Cl.NC(C(=O)NCc1ccc(-c2ccc(Cl)cc2)cc1F)C1CCOCC1. The smallest absolute Gasteiger partial charge is 0.237 e. The zero-order valence-corrected chi connectivity index (χ0v) is 16.4. The molecule has 4 nitrogen and oxygen atoms in total. The number of rotatable bonds is 5. The summed E-state index contributed by atoms with van der Waals surface area (Å²) in [5.41, 5.74) is 8.10. The van der Waals surface area contributed by atoms with Crippen LogP contribution in [0.25, 0.3) is 11.1 Å². The van der Waals surface area contributed by atoms with Gasteiger partial charge in [-0.25, -0.2) is 4.39 Å². The second-order valence-electron chi connectivity index (χ2n) is 6.51. The molecule has 0 radical (unpaired) electrons. The predicted molar refractivity (Wildman–Crippen MR) is 107 cm³/mol. The molecule has 2 aromatic rings. The second kappa shape index (κ2) is 10.0. The highest BCUT2D eigenvalue weighted by molar-refractivity contribution is 6.30. The standard InChI is InChI=1S/C20H22ClFN2O2.ClH/c21-17-5-3-13(4-6-17)15-1-2-16(18(22)11-15)12-24-20(25)19(23)14-7-9-26-10-8-14;/h1-6,11,14,19H,7-10,12,23H2,(H,24,25);1H. The van der Waals surface area contributed by atoms with E-state index >= 15 is 0 Å². The lowest BCUT2D eigenvalue weighted by atomic mass is 9.92. The van der Waals surface area contributed by atoms with Gasteiger partial charge >= 0.3 is 0 Å². The maximum absolute atomic E-state index is 14.4. The number of carbonyl (C=O) groups excluding carboxylic acids is 1. The van der Waals surface area contributed by atoms with Gasteiger partial charge in [0.1, 0.15) is 5.82 Å². The first-order valence-electron chi connectivity index (χ1n) is 8.70. The molecule has 1 fully saturated rings. The topological polar surface area (TPSA) is 64.4 Å². The molecule has 1 aliphatic heterocycles. The van der Waals surface area contributed by atoms with Crippen LogP contribution < -0.4 is 11.1 Å². The van der Waals surface area contributed by atoms with Crippen molar-refractivity contribution >= 4 is 29.9 Å². The first-order chi connectivity index (χ1) is 12.5. The van der Waals surface area contributed by atoms with Gasteiger partial charge in [0.2, 0.25) is 5.91 Å². The molecule has 0 aromatic heterocycles. The van der Waals surface area contributed by atoms with Crippen molar-refractivity contribution in [3.8, 4) is 11.1 Å². The highest BCUT2D eigenvalue weighted by Crippen LogP contribution is 2.24. The number of ether oxygens (including phenoxy) is 1. The van der Waals surface area contributed by atoms with Gasteiger partial charge in [-0.2, -0.15) is 0 Å². The largest absolute Gasteiger partial charge is 0.381 e. The van der Waals surface area contributed by atoms with Gasteiger partial charge in [-0.15, -0.1) is 12.4 Å². The fourth-order valence-electron chi connectivity index (χ4n) is 3.10. The quantitative estimate of drug-likeness (QED) is 0.781. The molecule has 1 atom stereocenters. The van der Waals surface area contributed by atoms with Gasteiger partial charge in [-0.05, 0) is 48.1 Å². The van der Waals surface area contributed by atoms with Crippen molar-refractivity contribution in [2.75, 3.05) is 13.2 Å². The van der Waals surface area contributed by atoms with E-state index < -0.39 is 6.04 Å². The molecule has 0 saturated carbocycles. The van der Waals surface area contributed by atoms with Gasteiger partial charge in [0, 0.05) is 30.3 Å². The van der Waals surface area contributed by atoms with Crippen LogP contribution in [0.1, 0.15) is 18.4 Å². The third-order valence-corrected chi connectivity index (χ3v) is 5.01. The van der Waals surface area contributed by atoms with Crippen molar-refractivity contribution in [1.82, 2.24) is 5.32 Å². The van der Waals surface area contributed by atoms with Crippen molar-refractivity contribution in [3.05, 3.63) is 58.9 Å². The van der Waals surface area contributed by atoms with E-state index in [0.717, 1.165) is 24.0 Å². The van der Waals surface area contributed by atoms with Crippen molar-refractivity contribution < 1.29 is 13.9 Å². The van der Waals surface area contributed by atoms with Crippen LogP contribution in [0.2, 0.25) is 5.02 Å². The van der Waals surface area contributed by atoms with Crippen LogP contribution in [0.5, 0.6) is 0 Å². The zero-order valence-electron chi connectivity index (χ0n) is 14.8. The molecule has 0 aliphatic carbocycles.